The number of carbonyl (C=O) groups is 1. The van der Waals surface area contributed by atoms with Crippen LogP contribution in [-0.4, -0.2) is 5.78 Å². The van der Waals surface area contributed by atoms with E-state index in [0.29, 0.717) is 5.57 Å². The maximum Gasteiger partial charge on any atom is 0.152 e. The van der Waals surface area contributed by atoms with Gasteiger partial charge in [-0.15, -0.1) is 0 Å². The molecule has 0 heterocycles. The summed E-state index contributed by atoms with van der Waals surface area (Å²) in [6.07, 6.45) is 1.32. The quantitative estimate of drug-likeness (QED) is 0.664. The van der Waals surface area contributed by atoms with E-state index < -0.39 is 11.6 Å². The van der Waals surface area contributed by atoms with E-state index in [4.69, 9.17) is 0 Å². The van der Waals surface area contributed by atoms with E-state index in [1.54, 1.807) is 6.92 Å². The average molecular weight is 196 g/mol. The highest BCUT2D eigenvalue weighted by Crippen LogP contribution is 2.18. The van der Waals surface area contributed by atoms with Crippen LogP contribution in [-0.2, 0) is 4.79 Å². The second kappa shape index (κ2) is 4.13. The lowest BCUT2D eigenvalue weighted by atomic mass is 10.1. The van der Waals surface area contributed by atoms with Crippen LogP contribution in [0.1, 0.15) is 19.4 Å². The van der Waals surface area contributed by atoms with Crippen LogP contribution in [0.5, 0.6) is 0 Å². The molecule has 0 aliphatic rings. The fraction of sp³-hybridized carbons (Fsp3) is 0.182. The highest BCUT2D eigenvalue weighted by molar-refractivity contribution is 5.94. The Morgan fingerprint density at radius 3 is 2.43 bits per heavy atom. The summed E-state index contributed by atoms with van der Waals surface area (Å²) in [6, 6.07) is 3.28. The molecule has 3 heteroatoms. The van der Waals surface area contributed by atoms with Gasteiger partial charge in [0.05, 0.1) is 0 Å². The molecule has 0 N–H and O–H groups in total. The van der Waals surface area contributed by atoms with Crippen molar-refractivity contribution in [2.75, 3.05) is 0 Å². The Labute approximate surface area is 81.1 Å². The predicted molar refractivity (Wildman–Crippen MR) is 50.7 cm³/mol. The van der Waals surface area contributed by atoms with E-state index in [1.807, 2.05) is 0 Å². The van der Waals surface area contributed by atoms with E-state index >= 15 is 0 Å². The van der Waals surface area contributed by atoms with Crippen molar-refractivity contribution in [2.45, 2.75) is 13.8 Å². The molecule has 0 amide bonds. The summed E-state index contributed by atoms with van der Waals surface area (Å²) < 4.78 is 25.7. The van der Waals surface area contributed by atoms with Crippen molar-refractivity contribution < 1.29 is 13.6 Å². The molecule has 1 nitrogen and oxygen atoms in total. The minimum absolute atomic E-state index is 0.161. The molecule has 0 aliphatic heterocycles. The summed E-state index contributed by atoms with van der Waals surface area (Å²) >= 11 is 0. The SMILES string of the molecule is CC(=O)/C=C(/C)c1ccc(F)cc1F. The smallest absolute Gasteiger partial charge is 0.152 e. The zero-order valence-corrected chi connectivity index (χ0v) is 7.97. The van der Waals surface area contributed by atoms with Crippen LogP contribution in [0, 0.1) is 11.6 Å². The Kier molecular flexibility index (Phi) is 3.12. The number of ketones is 1. The van der Waals surface area contributed by atoms with Gasteiger partial charge in [0, 0.05) is 11.6 Å². The molecule has 0 bridgehead atoms. The Balaban J connectivity index is 3.14. The summed E-state index contributed by atoms with van der Waals surface area (Å²) in [5.41, 5.74) is 0.747. The minimum Gasteiger partial charge on any atom is -0.295 e. The van der Waals surface area contributed by atoms with E-state index in [2.05, 4.69) is 0 Å². The first-order valence-corrected chi connectivity index (χ1v) is 4.15. The molecule has 0 aromatic heterocycles. The topological polar surface area (TPSA) is 17.1 Å². The zero-order valence-electron chi connectivity index (χ0n) is 7.97. The third-order valence-corrected chi connectivity index (χ3v) is 1.78. The lowest BCUT2D eigenvalue weighted by Gasteiger charge is -2.02. The number of allylic oxidation sites excluding steroid dienone is 2. The van der Waals surface area contributed by atoms with Crippen LogP contribution >= 0.6 is 0 Å². The molecule has 14 heavy (non-hydrogen) atoms. The first-order valence-electron chi connectivity index (χ1n) is 4.15. The molecule has 0 atom stereocenters. The van der Waals surface area contributed by atoms with Crippen molar-refractivity contribution in [3.63, 3.8) is 0 Å². The standard InChI is InChI=1S/C11H10F2O/c1-7(5-8(2)14)10-4-3-9(12)6-11(10)13/h3-6H,1-2H3/b7-5-. The summed E-state index contributed by atoms with van der Waals surface area (Å²) in [6.45, 7) is 2.99. The maximum atomic E-state index is 13.2. The third kappa shape index (κ3) is 2.49. The van der Waals surface area contributed by atoms with Gasteiger partial charge < -0.3 is 0 Å². The number of halogens is 2. The van der Waals surface area contributed by atoms with Crippen LogP contribution in [0.25, 0.3) is 5.57 Å². The molecule has 0 saturated heterocycles. The molecule has 0 radical (unpaired) electrons. The van der Waals surface area contributed by atoms with E-state index in [0.717, 1.165) is 12.1 Å². The number of carbonyl (C=O) groups excluding carboxylic acids is 1. The van der Waals surface area contributed by atoms with Crippen molar-refractivity contribution in [3.8, 4) is 0 Å². The van der Waals surface area contributed by atoms with Gasteiger partial charge in [0.1, 0.15) is 11.6 Å². The third-order valence-electron chi connectivity index (χ3n) is 1.78. The van der Waals surface area contributed by atoms with Gasteiger partial charge in [0.25, 0.3) is 0 Å². The summed E-state index contributed by atoms with van der Waals surface area (Å²) in [5, 5.41) is 0. The first-order chi connectivity index (χ1) is 6.50. The molecule has 0 spiro atoms. The highest BCUT2D eigenvalue weighted by atomic mass is 19.1. The summed E-state index contributed by atoms with van der Waals surface area (Å²) in [4.78, 5) is 10.7. The molecule has 1 aromatic rings. The molecule has 1 aromatic carbocycles. The van der Waals surface area contributed by atoms with Gasteiger partial charge in [-0.05, 0) is 37.6 Å². The Morgan fingerprint density at radius 2 is 1.93 bits per heavy atom. The molecule has 0 saturated carbocycles. The Bertz CT molecular complexity index is 394. The molecular weight excluding hydrogens is 186 g/mol. The zero-order chi connectivity index (χ0) is 10.7. The van der Waals surface area contributed by atoms with Gasteiger partial charge in [0.2, 0.25) is 0 Å². The average Bonchev–Trinajstić information content (AvgIpc) is 2.01. The van der Waals surface area contributed by atoms with Gasteiger partial charge in [-0.3, -0.25) is 4.79 Å². The molecule has 0 unspecified atom stereocenters. The predicted octanol–water partition coefficient (Wildman–Crippen LogP) is 2.96. The fourth-order valence-electron chi connectivity index (χ4n) is 1.19. The van der Waals surface area contributed by atoms with Crippen LogP contribution < -0.4 is 0 Å². The van der Waals surface area contributed by atoms with Gasteiger partial charge in [-0.1, -0.05) is 0 Å². The Morgan fingerprint density at radius 1 is 1.29 bits per heavy atom. The number of hydrogen-bond acceptors (Lipinski definition) is 1. The van der Waals surface area contributed by atoms with Crippen molar-refractivity contribution in [3.05, 3.63) is 41.5 Å². The second-order valence-corrected chi connectivity index (χ2v) is 3.06. The van der Waals surface area contributed by atoms with E-state index in [1.165, 1.54) is 19.1 Å². The first kappa shape index (κ1) is 10.6. The number of benzene rings is 1. The lowest BCUT2D eigenvalue weighted by molar-refractivity contribution is -0.112. The van der Waals surface area contributed by atoms with E-state index in [-0.39, 0.29) is 11.3 Å². The summed E-state index contributed by atoms with van der Waals surface area (Å²) in [7, 11) is 0. The molecular formula is C11H10F2O. The number of rotatable bonds is 2. The van der Waals surface area contributed by atoms with Gasteiger partial charge in [-0.25, -0.2) is 8.78 Å². The normalized spacial score (nSPS) is 11.6. The molecule has 1 rings (SSSR count). The van der Waals surface area contributed by atoms with Crippen LogP contribution in [0.3, 0.4) is 0 Å². The molecule has 0 fully saturated rings. The van der Waals surface area contributed by atoms with Gasteiger partial charge >= 0.3 is 0 Å². The minimum atomic E-state index is -0.653. The van der Waals surface area contributed by atoms with Gasteiger partial charge in [-0.2, -0.15) is 0 Å². The van der Waals surface area contributed by atoms with Crippen LogP contribution in [0.2, 0.25) is 0 Å². The molecule has 74 valence electrons. The second-order valence-electron chi connectivity index (χ2n) is 3.06. The van der Waals surface area contributed by atoms with Crippen molar-refractivity contribution in [1.82, 2.24) is 0 Å². The fourth-order valence-corrected chi connectivity index (χ4v) is 1.19. The lowest BCUT2D eigenvalue weighted by Crippen LogP contribution is -1.91. The van der Waals surface area contributed by atoms with Crippen molar-refractivity contribution in [2.24, 2.45) is 0 Å². The highest BCUT2D eigenvalue weighted by Gasteiger charge is 2.05. The number of hydrogen-bond donors (Lipinski definition) is 0. The maximum absolute atomic E-state index is 13.2. The van der Waals surface area contributed by atoms with Crippen molar-refractivity contribution in [1.29, 1.82) is 0 Å². The summed E-state index contributed by atoms with van der Waals surface area (Å²) in [5.74, 6) is -1.44. The van der Waals surface area contributed by atoms with E-state index in [9.17, 15) is 13.6 Å². The van der Waals surface area contributed by atoms with Crippen LogP contribution in [0.4, 0.5) is 8.78 Å². The van der Waals surface area contributed by atoms with Crippen molar-refractivity contribution >= 4 is 11.4 Å². The Hall–Kier alpha value is -1.51. The largest absolute Gasteiger partial charge is 0.295 e. The molecule has 0 aliphatic carbocycles. The monoisotopic (exact) mass is 196 g/mol. The van der Waals surface area contributed by atoms with Crippen LogP contribution in [0.15, 0.2) is 24.3 Å². The van der Waals surface area contributed by atoms with Gasteiger partial charge in [0.15, 0.2) is 5.78 Å².